The van der Waals surface area contributed by atoms with Gasteiger partial charge in [0.25, 0.3) is 0 Å². The molecule has 1 aromatic carbocycles. The van der Waals surface area contributed by atoms with E-state index >= 15 is 0 Å². The molecule has 0 spiro atoms. The minimum absolute atomic E-state index is 0.0289. The van der Waals surface area contributed by atoms with Crippen LogP contribution in [0.1, 0.15) is 39.0 Å². The van der Waals surface area contributed by atoms with E-state index in [4.69, 9.17) is 12.2 Å². The molecule has 2 N–H and O–H groups in total. The standard InChI is InChI=1S/C14H18F2N2S/c1-14(7-3-2-4-8-14)18-13(19)17-12-6-5-10(15)9-11(12)16/h5-6,9H,2-4,7-8H2,1H3,(H2,17,18,19). The second-order valence-corrected chi connectivity index (χ2v) is 5.73. The van der Waals surface area contributed by atoms with Crippen molar-refractivity contribution in [1.82, 2.24) is 5.32 Å². The van der Waals surface area contributed by atoms with E-state index in [1.54, 1.807) is 0 Å². The molecule has 2 nitrogen and oxygen atoms in total. The Hall–Kier alpha value is -1.23. The topological polar surface area (TPSA) is 24.1 Å². The monoisotopic (exact) mass is 284 g/mol. The van der Waals surface area contributed by atoms with Crippen LogP contribution in [-0.2, 0) is 0 Å². The summed E-state index contributed by atoms with van der Waals surface area (Å²) in [6.45, 7) is 2.13. The summed E-state index contributed by atoms with van der Waals surface area (Å²) in [5.74, 6) is -1.24. The molecule has 1 saturated carbocycles. The Morgan fingerprint density at radius 1 is 1.21 bits per heavy atom. The fraction of sp³-hybridized carbons (Fsp3) is 0.500. The molecule has 0 radical (unpaired) electrons. The molecule has 0 atom stereocenters. The van der Waals surface area contributed by atoms with Crippen LogP contribution >= 0.6 is 12.2 Å². The van der Waals surface area contributed by atoms with Crippen LogP contribution in [-0.4, -0.2) is 10.7 Å². The van der Waals surface area contributed by atoms with Gasteiger partial charge in [0, 0.05) is 11.6 Å². The molecular formula is C14H18F2N2S. The van der Waals surface area contributed by atoms with Crippen molar-refractivity contribution in [1.29, 1.82) is 0 Å². The van der Waals surface area contributed by atoms with E-state index in [1.807, 2.05) is 0 Å². The van der Waals surface area contributed by atoms with Crippen molar-refractivity contribution in [3.05, 3.63) is 29.8 Å². The van der Waals surface area contributed by atoms with Crippen molar-refractivity contribution >= 4 is 23.0 Å². The van der Waals surface area contributed by atoms with Gasteiger partial charge in [0.2, 0.25) is 0 Å². The van der Waals surface area contributed by atoms with Crippen LogP contribution < -0.4 is 10.6 Å². The van der Waals surface area contributed by atoms with Crippen molar-refractivity contribution in [3.8, 4) is 0 Å². The highest BCUT2D eigenvalue weighted by Crippen LogP contribution is 2.27. The summed E-state index contributed by atoms with van der Waals surface area (Å²) >= 11 is 5.20. The third-order valence-electron chi connectivity index (χ3n) is 3.55. The summed E-state index contributed by atoms with van der Waals surface area (Å²) in [6, 6.07) is 3.39. The Balaban J connectivity index is 1.97. The lowest BCUT2D eigenvalue weighted by molar-refractivity contribution is 0.292. The van der Waals surface area contributed by atoms with Gasteiger partial charge in [0.1, 0.15) is 11.6 Å². The predicted octanol–water partition coefficient (Wildman–Crippen LogP) is 3.97. The van der Waals surface area contributed by atoms with Crippen LogP contribution in [0.25, 0.3) is 0 Å². The summed E-state index contributed by atoms with van der Waals surface area (Å²) in [6.07, 6.45) is 5.72. The SMILES string of the molecule is CC1(NC(=S)Nc2ccc(F)cc2F)CCCCC1. The number of halogens is 2. The first-order chi connectivity index (χ1) is 8.98. The number of hydrogen-bond acceptors (Lipinski definition) is 1. The molecule has 1 aliphatic rings. The number of hydrogen-bond donors (Lipinski definition) is 2. The Labute approximate surface area is 117 Å². The van der Waals surface area contributed by atoms with Gasteiger partial charge in [-0.15, -0.1) is 0 Å². The van der Waals surface area contributed by atoms with Gasteiger partial charge in [-0.25, -0.2) is 8.78 Å². The molecule has 0 aliphatic heterocycles. The fourth-order valence-electron chi connectivity index (χ4n) is 2.48. The average Bonchev–Trinajstić information content (AvgIpc) is 2.33. The Bertz CT molecular complexity index is 471. The first-order valence-electron chi connectivity index (χ1n) is 6.53. The predicted molar refractivity (Wildman–Crippen MR) is 77.2 cm³/mol. The minimum Gasteiger partial charge on any atom is -0.357 e. The van der Waals surface area contributed by atoms with Crippen molar-refractivity contribution in [2.75, 3.05) is 5.32 Å². The summed E-state index contributed by atoms with van der Waals surface area (Å²) in [4.78, 5) is 0. The van der Waals surface area contributed by atoms with Gasteiger partial charge in [-0.2, -0.15) is 0 Å². The average molecular weight is 284 g/mol. The van der Waals surface area contributed by atoms with Gasteiger partial charge in [-0.3, -0.25) is 0 Å². The Kier molecular flexibility index (Phi) is 4.34. The molecule has 2 rings (SSSR count). The van der Waals surface area contributed by atoms with Gasteiger partial charge < -0.3 is 10.6 Å². The molecule has 5 heteroatoms. The lowest BCUT2D eigenvalue weighted by atomic mass is 9.83. The Morgan fingerprint density at radius 2 is 1.89 bits per heavy atom. The van der Waals surface area contributed by atoms with Gasteiger partial charge in [0.05, 0.1) is 5.69 Å². The van der Waals surface area contributed by atoms with Crippen LogP contribution in [0.2, 0.25) is 0 Å². The highest BCUT2D eigenvalue weighted by atomic mass is 32.1. The number of nitrogens with one attached hydrogen (secondary N) is 2. The first kappa shape index (κ1) is 14.2. The van der Waals surface area contributed by atoms with E-state index in [0.29, 0.717) is 5.11 Å². The normalized spacial score (nSPS) is 17.8. The second kappa shape index (κ2) is 5.82. The maximum atomic E-state index is 13.5. The van der Waals surface area contributed by atoms with Crippen LogP contribution in [0.4, 0.5) is 14.5 Å². The van der Waals surface area contributed by atoms with E-state index in [9.17, 15) is 8.78 Å². The zero-order chi connectivity index (χ0) is 13.9. The number of rotatable bonds is 2. The third kappa shape index (κ3) is 3.86. The van der Waals surface area contributed by atoms with Gasteiger partial charge in [-0.05, 0) is 44.1 Å². The molecule has 0 aromatic heterocycles. The molecule has 104 valence electrons. The highest BCUT2D eigenvalue weighted by Gasteiger charge is 2.27. The number of anilines is 1. The summed E-state index contributed by atoms with van der Waals surface area (Å²) in [7, 11) is 0. The van der Waals surface area contributed by atoms with Crippen molar-refractivity contribution < 1.29 is 8.78 Å². The molecule has 0 unspecified atom stereocenters. The van der Waals surface area contributed by atoms with E-state index in [1.165, 1.54) is 31.4 Å². The van der Waals surface area contributed by atoms with Gasteiger partial charge in [0.15, 0.2) is 5.11 Å². The van der Waals surface area contributed by atoms with E-state index in [2.05, 4.69) is 17.6 Å². The molecule has 0 amide bonds. The molecule has 19 heavy (non-hydrogen) atoms. The van der Waals surface area contributed by atoms with Crippen LogP contribution in [0.5, 0.6) is 0 Å². The quantitative estimate of drug-likeness (QED) is 0.803. The van der Waals surface area contributed by atoms with Crippen molar-refractivity contribution in [2.24, 2.45) is 0 Å². The maximum absolute atomic E-state index is 13.5. The lowest BCUT2D eigenvalue weighted by Crippen LogP contribution is -2.48. The molecular weight excluding hydrogens is 266 g/mol. The van der Waals surface area contributed by atoms with E-state index < -0.39 is 11.6 Å². The largest absolute Gasteiger partial charge is 0.357 e. The summed E-state index contributed by atoms with van der Waals surface area (Å²) in [5.41, 5.74) is 0.164. The van der Waals surface area contributed by atoms with Crippen LogP contribution in [0.15, 0.2) is 18.2 Å². The van der Waals surface area contributed by atoms with Crippen molar-refractivity contribution in [2.45, 2.75) is 44.6 Å². The zero-order valence-corrected chi connectivity index (χ0v) is 11.7. The minimum atomic E-state index is -0.641. The maximum Gasteiger partial charge on any atom is 0.171 e. The molecule has 0 bridgehead atoms. The van der Waals surface area contributed by atoms with Crippen LogP contribution in [0, 0.1) is 11.6 Å². The fourth-order valence-corrected chi connectivity index (χ4v) is 2.83. The summed E-state index contributed by atoms with van der Waals surface area (Å²) < 4.78 is 26.3. The molecule has 0 saturated heterocycles. The molecule has 1 fully saturated rings. The van der Waals surface area contributed by atoms with Gasteiger partial charge >= 0.3 is 0 Å². The first-order valence-corrected chi connectivity index (χ1v) is 6.94. The zero-order valence-electron chi connectivity index (χ0n) is 10.9. The molecule has 0 heterocycles. The summed E-state index contributed by atoms with van der Waals surface area (Å²) in [5, 5.41) is 6.42. The van der Waals surface area contributed by atoms with Crippen molar-refractivity contribution in [3.63, 3.8) is 0 Å². The molecule has 1 aliphatic carbocycles. The molecule has 1 aromatic rings. The third-order valence-corrected chi connectivity index (χ3v) is 3.76. The smallest absolute Gasteiger partial charge is 0.171 e. The number of thiocarbonyl (C=S) groups is 1. The second-order valence-electron chi connectivity index (χ2n) is 5.32. The van der Waals surface area contributed by atoms with E-state index in [-0.39, 0.29) is 11.2 Å². The van der Waals surface area contributed by atoms with Gasteiger partial charge in [-0.1, -0.05) is 19.3 Å². The van der Waals surface area contributed by atoms with E-state index in [0.717, 1.165) is 18.9 Å². The van der Waals surface area contributed by atoms with Crippen LogP contribution in [0.3, 0.4) is 0 Å². The highest BCUT2D eigenvalue weighted by molar-refractivity contribution is 7.80. The lowest BCUT2D eigenvalue weighted by Gasteiger charge is -2.35. The Morgan fingerprint density at radius 3 is 2.53 bits per heavy atom. The number of benzene rings is 1.